The summed E-state index contributed by atoms with van der Waals surface area (Å²) in [6, 6.07) is 6.03. The predicted octanol–water partition coefficient (Wildman–Crippen LogP) is 0.445. The van der Waals surface area contributed by atoms with E-state index in [1.807, 2.05) is 0 Å². The Balaban J connectivity index is 2.77. The van der Waals surface area contributed by atoms with Gasteiger partial charge in [-0.2, -0.15) is 0 Å². The number of nitrogens with zero attached hydrogens (tertiary/aromatic N) is 2. The van der Waals surface area contributed by atoms with Gasteiger partial charge in [-0.05, 0) is 26.0 Å². The SMILES string of the molecule is CC(=O)[C@@H](C)n1c(S(=O)(=O)CC(N)=O)nc2ccccc21. The molecule has 2 aromatic rings. The van der Waals surface area contributed by atoms with Crippen molar-refractivity contribution in [3.05, 3.63) is 24.3 Å². The van der Waals surface area contributed by atoms with Gasteiger partial charge in [0.25, 0.3) is 0 Å². The number of primary amides is 1. The molecule has 0 saturated carbocycles. The quantitative estimate of drug-likeness (QED) is 0.861. The van der Waals surface area contributed by atoms with E-state index in [2.05, 4.69) is 4.98 Å². The number of sulfone groups is 1. The van der Waals surface area contributed by atoms with Crippen LogP contribution in [-0.4, -0.2) is 35.4 Å². The molecule has 1 amide bonds. The zero-order chi connectivity index (χ0) is 15.8. The van der Waals surface area contributed by atoms with Crippen LogP contribution in [-0.2, 0) is 19.4 Å². The molecule has 112 valence electrons. The number of carbonyl (C=O) groups is 2. The number of rotatable bonds is 5. The molecule has 0 saturated heterocycles. The number of hydrogen-bond donors (Lipinski definition) is 1. The van der Waals surface area contributed by atoms with Crippen molar-refractivity contribution >= 4 is 32.6 Å². The molecule has 0 radical (unpaired) electrons. The van der Waals surface area contributed by atoms with Crippen LogP contribution in [0.4, 0.5) is 0 Å². The molecular weight excluding hydrogens is 294 g/mol. The third kappa shape index (κ3) is 2.80. The van der Waals surface area contributed by atoms with Gasteiger partial charge < -0.3 is 10.3 Å². The van der Waals surface area contributed by atoms with Crippen LogP contribution in [0.1, 0.15) is 19.9 Å². The minimum atomic E-state index is -4.01. The van der Waals surface area contributed by atoms with Crippen molar-refractivity contribution in [2.75, 3.05) is 5.75 Å². The number of ketones is 1. The monoisotopic (exact) mass is 309 g/mol. The first-order valence-corrected chi connectivity index (χ1v) is 7.87. The molecule has 1 aromatic heterocycles. The van der Waals surface area contributed by atoms with Gasteiger partial charge in [0.05, 0.1) is 17.1 Å². The van der Waals surface area contributed by atoms with Crippen molar-refractivity contribution in [2.24, 2.45) is 5.73 Å². The zero-order valence-electron chi connectivity index (χ0n) is 11.6. The molecule has 0 aliphatic carbocycles. The second-order valence-electron chi connectivity index (χ2n) is 4.77. The Bertz CT molecular complexity index is 823. The molecule has 0 unspecified atom stereocenters. The van der Waals surface area contributed by atoms with Gasteiger partial charge in [-0.1, -0.05) is 12.1 Å². The number of fused-ring (bicyclic) bond motifs is 1. The van der Waals surface area contributed by atoms with Gasteiger partial charge in [0.1, 0.15) is 5.75 Å². The molecule has 1 aromatic carbocycles. The maximum absolute atomic E-state index is 12.3. The van der Waals surface area contributed by atoms with Crippen LogP contribution in [0, 0.1) is 0 Å². The number of imidazole rings is 1. The highest BCUT2D eigenvalue weighted by atomic mass is 32.2. The number of nitrogens with two attached hydrogens (primary N) is 1. The third-order valence-corrected chi connectivity index (χ3v) is 4.66. The molecule has 0 fully saturated rings. The van der Waals surface area contributed by atoms with Crippen molar-refractivity contribution in [1.82, 2.24) is 9.55 Å². The van der Waals surface area contributed by atoms with Gasteiger partial charge in [0.15, 0.2) is 5.78 Å². The number of amides is 1. The van der Waals surface area contributed by atoms with E-state index >= 15 is 0 Å². The first-order valence-electron chi connectivity index (χ1n) is 6.22. The first kappa shape index (κ1) is 15.2. The Hall–Kier alpha value is -2.22. The van der Waals surface area contributed by atoms with E-state index < -0.39 is 27.5 Å². The van der Waals surface area contributed by atoms with E-state index in [9.17, 15) is 18.0 Å². The predicted molar refractivity (Wildman–Crippen MR) is 76.4 cm³/mol. The van der Waals surface area contributed by atoms with E-state index in [0.29, 0.717) is 11.0 Å². The molecule has 7 nitrogen and oxygen atoms in total. The molecule has 0 bridgehead atoms. The van der Waals surface area contributed by atoms with Gasteiger partial charge >= 0.3 is 0 Å². The minimum Gasteiger partial charge on any atom is -0.369 e. The maximum atomic E-state index is 12.3. The molecule has 2 rings (SSSR count). The second kappa shape index (κ2) is 5.28. The smallest absolute Gasteiger partial charge is 0.233 e. The zero-order valence-corrected chi connectivity index (χ0v) is 12.4. The summed E-state index contributed by atoms with van der Waals surface area (Å²) in [4.78, 5) is 26.7. The number of Topliss-reactive ketones (excluding diaryl/α,β-unsaturated/α-hetero) is 1. The van der Waals surface area contributed by atoms with Gasteiger partial charge in [-0.15, -0.1) is 0 Å². The molecule has 8 heteroatoms. The number of para-hydroxylation sites is 2. The molecule has 0 aliphatic heterocycles. The first-order chi connectivity index (χ1) is 9.74. The molecule has 2 N–H and O–H groups in total. The standard InChI is InChI=1S/C13H15N3O4S/c1-8(9(2)17)16-11-6-4-3-5-10(11)15-13(16)21(19,20)7-12(14)18/h3-6,8H,7H2,1-2H3,(H2,14,18)/t8-/m1/s1. The molecule has 0 spiro atoms. The van der Waals surface area contributed by atoms with Crippen LogP contribution >= 0.6 is 0 Å². The van der Waals surface area contributed by atoms with E-state index in [1.165, 1.54) is 11.5 Å². The molecular formula is C13H15N3O4S. The van der Waals surface area contributed by atoms with E-state index in [-0.39, 0.29) is 10.9 Å². The van der Waals surface area contributed by atoms with Crippen molar-refractivity contribution in [3.8, 4) is 0 Å². The van der Waals surface area contributed by atoms with E-state index in [4.69, 9.17) is 5.73 Å². The van der Waals surface area contributed by atoms with Gasteiger partial charge in [0.2, 0.25) is 20.9 Å². The Morgan fingerprint density at radius 1 is 1.33 bits per heavy atom. The second-order valence-corrected chi connectivity index (χ2v) is 6.65. The highest BCUT2D eigenvalue weighted by molar-refractivity contribution is 7.92. The summed E-state index contributed by atoms with van der Waals surface area (Å²) in [5.74, 6) is -2.03. The average molecular weight is 309 g/mol. The van der Waals surface area contributed by atoms with Crippen molar-refractivity contribution < 1.29 is 18.0 Å². The topological polar surface area (TPSA) is 112 Å². The summed E-state index contributed by atoms with van der Waals surface area (Å²) in [6.45, 7) is 2.95. The van der Waals surface area contributed by atoms with Crippen molar-refractivity contribution in [1.29, 1.82) is 0 Å². The minimum absolute atomic E-state index is 0.214. The van der Waals surface area contributed by atoms with Gasteiger partial charge in [-0.3, -0.25) is 9.59 Å². The van der Waals surface area contributed by atoms with Crippen molar-refractivity contribution in [2.45, 2.75) is 25.0 Å². The Morgan fingerprint density at radius 2 is 1.95 bits per heavy atom. The normalized spacial score (nSPS) is 13.2. The highest BCUT2D eigenvalue weighted by Gasteiger charge is 2.29. The van der Waals surface area contributed by atoms with Crippen LogP contribution in [0.3, 0.4) is 0 Å². The van der Waals surface area contributed by atoms with Gasteiger partial charge in [-0.25, -0.2) is 13.4 Å². The number of aromatic nitrogens is 2. The van der Waals surface area contributed by atoms with Crippen LogP contribution in [0.5, 0.6) is 0 Å². The summed E-state index contributed by atoms with van der Waals surface area (Å²) < 4.78 is 25.9. The van der Waals surface area contributed by atoms with Crippen LogP contribution in [0.25, 0.3) is 11.0 Å². The lowest BCUT2D eigenvalue weighted by Crippen LogP contribution is -2.27. The lowest BCUT2D eigenvalue weighted by Gasteiger charge is -2.14. The summed E-state index contributed by atoms with van der Waals surface area (Å²) in [5.41, 5.74) is 5.93. The van der Waals surface area contributed by atoms with Crippen LogP contribution in [0.2, 0.25) is 0 Å². The number of hydrogen-bond acceptors (Lipinski definition) is 5. The Kier molecular flexibility index (Phi) is 3.82. The van der Waals surface area contributed by atoms with Gasteiger partial charge in [0, 0.05) is 0 Å². The van der Waals surface area contributed by atoms with E-state index in [0.717, 1.165) is 0 Å². The lowest BCUT2D eigenvalue weighted by atomic mass is 10.2. The third-order valence-electron chi connectivity index (χ3n) is 3.15. The summed E-state index contributed by atoms with van der Waals surface area (Å²) in [6.07, 6.45) is 0. The fourth-order valence-electron chi connectivity index (χ4n) is 2.05. The highest BCUT2D eigenvalue weighted by Crippen LogP contribution is 2.25. The van der Waals surface area contributed by atoms with E-state index in [1.54, 1.807) is 31.2 Å². The summed E-state index contributed by atoms with van der Waals surface area (Å²) in [5, 5.41) is -0.315. The number of benzene rings is 1. The van der Waals surface area contributed by atoms with Crippen LogP contribution in [0.15, 0.2) is 29.4 Å². The fraction of sp³-hybridized carbons (Fsp3) is 0.308. The Morgan fingerprint density at radius 3 is 2.52 bits per heavy atom. The maximum Gasteiger partial charge on any atom is 0.233 e. The molecule has 21 heavy (non-hydrogen) atoms. The Labute approximate surface area is 121 Å². The summed E-state index contributed by atoms with van der Waals surface area (Å²) >= 11 is 0. The lowest BCUT2D eigenvalue weighted by molar-refractivity contribution is -0.119. The largest absolute Gasteiger partial charge is 0.369 e. The molecule has 0 aliphatic rings. The van der Waals surface area contributed by atoms with Crippen LogP contribution < -0.4 is 5.73 Å². The molecule has 1 heterocycles. The fourth-order valence-corrected chi connectivity index (χ4v) is 3.35. The average Bonchev–Trinajstić information content (AvgIpc) is 2.76. The summed E-state index contributed by atoms with van der Waals surface area (Å²) in [7, 11) is -4.01. The van der Waals surface area contributed by atoms with Crippen molar-refractivity contribution in [3.63, 3.8) is 0 Å². The molecule has 1 atom stereocenters. The number of carbonyl (C=O) groups excluding carboxylic acids is 2.